The molecule has 0 bridgehead atoms. The summed E-state index contributed by atoms with van der Waals surface area (Å²) in [5.74, 6) is 0.0891. The summed E-state index contributed by atoms with van der Waals surface area (Å²) in [6.45, 7) is 3.50. The third-order valence-electron chi connectivity index (χ3n) is 7.36. The summed E-state index contributed by atoms with van der Waals surface area (Å²) in [4.78, 5) is 8.70. The normalized spacial score (nSPS) is 20.3. The zero-order valence-electron chi connectivity index (χ0n) is 23.3. The Hall–Kier alpha value is -3.79. The van der Waals surface area contributed by atoms with E-state index in [2.05, 4.69) is 9.97 Å². The van der Waals surface area contributed by atoms with E-state index in [1.807, 2.05) is 109 Å². The summed E-state index contributed by atoms with van der Waals surface area (Å²) in [7, 11) is 0. The number of rotatable bonds is 11. The van der Waals surface area contributed by atoms with E-state index in [0.717, 1.165) is 27.6 Å². The van der Waals surface area contributed by atoms with Gasteiger partial charge in [-0.1, -0.05) is 103 Å². The monoisotopic (exact) mass is 584 g/mol. The van der Waals surface area contributed by atoms with Gasteiger partial charge in [-0.15, -0.1) is 0 Å². The number of nitrogen functional groups attached to an aromatic ring is 1. The van der Waals surface area contributed by atoms with Crippen LogP contribution in [0.4, 0.5) is 5.95 Å². The first-order valence-corrected chi connectivity index (χ1v) is 14.3. The van der Waals surface area contributed by atoms with Gasteiger partial charge in [0.25, 0.3) is 0 Å². The number of ether oxygens (including phenoxy) is 4. The maximum atomic E-state index is 6.73. The van der Waals surface area contributed by atoms with E-state index in [9.17, 15) is 0 Å². The first-order valence-electron chi connectivity index (χ1n) is 13.9. The maximum absolute atomic E-state index is 6.73. The Labute approximate surface area is 250 Å². The molecular formula is C33H33ClN4O4. The fourth-order valence-corrected chi connectivity index (χ4v) is 5.66. The molecule has 4 atom stereocenters. The van der Waals surface area contributed by atoms with Crippen molar-refractivity contribution in [3.63, 3.8) is 0 Å². The summed E-state index contributed by atoms with van der Waals surface area (Å²) < 4.78 is 28.1. The highest BCUT2D eigenvalue weighted by Crippen LogP contribution is 2.39. The molecule has 1 aliphatic heterocycles. The van der Waals surface area contributed by atoms with Gasteiger partial charge in [0.2, 0.25) is 5.95 Å². The second-order valence-corrected chi connectivity index (χ2v) is 10.7. The standard InChI is InChI=1S/C33H33ClN4O4/c1-22-17-38(31-27(22)30(34)36-33(35)37-31)32-29(41-20-25-15-9-4-10-16-25)28(40-19-24-13-7-3-8-14-24)26(42-32)21-39-18-23-11-5-2-6-12-23/h2-17,26,28-29,32H,18-21H2,1H3,(H2,35,36,37)/t26-,28-,29+,32?/m1/s1. The molecule has 2 aromatic heterocycles. The zero-order valence-corrected chi connectivity index (χ0v) is 24.1. The van der Waals surface area contributed by atoms with E-state index in [-0.39, 0.29) is 5.95 Å². The van der Waals surface area contributed by atoms with Crippen molar-refractivity contribution in [1.29, 1.82) is 0 Å². The van der Waals surface area contributed by atoms with Gasteiger partial charge in [0.1, 0.15) is 29.1 Å². The number of nitrogens with zero attached hydrogens (tertiary/aromatic N) is 3. The number of fused-ring (bicyclic) bond motifs is 1. The van der Waals surface area contributed by atoms with E-state index in [1.54, 1.807) is 0 Å². The lowest BCUT2D eigenvalue weighted by Gasteiger charge is -2.26. The van der Waals surface area contributed by atoms with E-state index in [0.29, 0.717) is 37.2 Å². The highest BCUT2D eigenvalue weighted by Gasteiger charge is 2.48. The lowest BCUT2D eigenvalue weighted by atomic mass is 10.1. The highest BCUT2D eigenvalue weighted by atomic mass is 35.5. The molecule has 6 rings (SSSR count). The minimum atomic E-state index is -0.582. The van der Waals surface area contributed by atoms with Crippen molar-refractivity contribution in [3.8, 4) is 0 Å². The number of benzene rings is 3. The van der Waals surface area contributed by atoms with Crippen LogP contribution in [0.25, 0.3) is 11.0 Å². The molecule has 1 aliphatic rings. The molecular weight excluding hydrogens is 552 g/mol. The van der Waals surface area contributed by atoms with Crippen LogP contribution < -0.4 is 5.73 Å². The summed E-state index contributed by atoms with van der Waals surface area (Å²) in [5.41, 5.74) is 10.7. The Morgan fingerprint density at radius 3 is 1.93 bits per heavy atom. The molecule has 3 aromatic carbocycles. The summed E-state index contributed by atoms with van der Waals surface area (Å²) in [6, 6.07) is 30.2. The second-order valence-electron chi connectivity index (χ2n) is 10.4. The van der Waals surface area contributed by atoms with E-state index in [4.69, 9.17) is 36.3 Å². The third-order valence-corrected chi connectivity index (χ3v) is 7.63. The lowest BCUT2D eigenvalue weighted by molar-refractivity contribution is -0.0913. The first kappa shape index (κ1) is 28.3. The number of hydrogen-bond donors (Lipinski definition) is 1. The zero-order chi connectivity index (χ0) is 28.9. The third kappa shape index (κ3) is 6.33. The van der Waals surface area contributed by atoms with Gasteiger partial charge in [0.05, 0.1) is 31.8 Å². The molecule has 1 fully saturated rings. The van der Waals surface area contributed by atoms with Crippen molar-refractivity contribution in [2.75, 3.05) is 12.3 Å². The van der Waals surface area contributed by atoms with Gasteiger partial charge in [-0.25, -0.2) is 4.98 Å². The Morgan fingerprint density at radius 1 is 0.786 bits per heavy atom. The highest BCUT2D eigenvalue weighted by molar-refractivity contribution is 6.34. The quantitative estimate of drug-likeness (QED) is 0.183. The summed E-state index contributed by atoms with van der Waals surface area (Å²) in [5, 5.41) is 1.02. The Balaban J connectivity index is 1.33. The van der Waals surface area contributed by atoms with Crippen molar-refractivity contribution >= 4 is 28.6 Å². The van der Waals surface area contributed by atoms with Crippen LogP contribution in [0.2, 0.25) is 5.15 Å². The molecule has 3 heterocycles. The first-order chi connectivity index (χ1) is 20.6. The van der Waals surface area contributed by atoms with Crippen LogP contribution in [0.3, 0.4) is 0 Å². The molecule has 1 unspecified atom stereocenters. The fraction of sp³-hybridized carbons (Fsp3) is 0.273. The Kier molecular flexibility index (Phi) is 8.79. The molecule has 42 heavy (non-hydrogen) atoms. The molecule has 0 amide bonds. The van der Waals surface area contributed by atoms with Crippen molar-refractivity contribution in [2.45, 2.75) is 51.3 Å². The van der Waals surface area contributed by atoms with Gasteiger partial charge in [-0.2, -0.15) is 4.98 Å². The molecule has 9 heteroatoms. The largest absolute Gasteiger partial charge is 0.374 e. The van der Waals surface area contributed by atoms with Crippen LogP contribution in [0.15, 0.2) is 97.2 Å². The summed E-state index contributed by atoms with van der Waals surface area (Å²) >= 11 is 6.51. The molecule has 1 saturated heterocycles. The molecule has 0 spiro atoms. The smallest absolute Gasteiger partial charge is 0.223 e. The van der Waals surface area contributed by atoms with Gasteiger partial charge in [-0.05, 0) is 29.2 Å². The topological polar surface area (TPSA) is 93.7 Å². The van der Waals surface area contributed by atoms with Crippen molar-refractivity contribution in [1.82, 2.24) is 14.5 Å². The Morgan fingerprint density at radius 2 is 1.33 bits per heavy atom. The molecule has 0 saturated carbocycles. The van der Waals surface area contributed by atoms with E-state index in [1.165, 1.54) is 0 Å². The number of nitrogens with two attached hydrogens (primary N) is 1. The van der Waals surface area contributed by atoms with Gasteiger partial charge in [0, 0.05) is 6.20 Å². The van der Waals surface area contributed by atoms with Crippen molar-refractivity contribution < 1.29 is 18.9 Å². The number of aromatic nitrogens is 3. The molecule has 8 nitrogen and oxygen atoms in total. The number of halogens is 1. The average molecular weight is 585 g/mol. The molecule has 5 aromatic rings. The maximum Gasteiger partial charge on any atom is 0.223 e. The molecule has 2 N–H and O–H groups in total. The van der Waals surface area contributed by atoms with E-state index < -0.39 is 24.5 Å². The fourth-order valence-electron chi connectivity index (χ4n) is 5.34. The predicted molar refractivity (Wildman–Crippen MR) is 162 cm³/mol. The minimum absolute atomic E-state index is 0.0891. The van der Waals surface area contributed by atoms with Gasteiger partial charge in [-0.3, -0.25) is 0 Å². The van der Waals surface area contributed by atoms with Gasteiger partial charge >= 0.3 is 0 Å². The predicted octanol–water partition coefficient (Wildman–Crippen LogP) is 6.26. The van der Waals surface area contributed by atoms with Crippen LogP contribution in [0.1, 0.15) is 28.5 Å². The average Bonchev–Trinajstić information content (AvgIpc) is 3.52. The van der Waals surface area contributed by atoms with Crippen LogP contribution in [-0.2, 0) is 38.8 Å². The number of hydrogen-bond acceptors (Lipinski definition) is 7. The number of anilines is 1. The Bertz CT molecular complexity index is 1600. The van der Waals surface area contributed by atoms with Crippen LogP contribution in [0.5, 0.6) is 0 Å². The molecule has 0 aliphatic carbocycles. The molecule has 0 radical (unpaired) electrons. The second kappa shape index (κ2) is 13.0. The number of aryl methyl sites for hydroxylation is 1. The van der Waals surface area contributed by atoms with Crippen LogP contribution in [0, 0.1) is 6.92 Å². The van der Waals surface area contributed by atoms with Crippen LogP contribution in [-0.4, -0.2) is 39.5 Å². The minimum Gasteiger partial charge on any atom is -0.374 e. The van der Waals surface area contributed by atoms with Crippen molar-refractivity contribution in [2.24, 2.45) is 0 Å². The molecule has 216 valence electrons. The lowest BCUT2D eigenvalue weighted by Crippen LogP contribution is -2.38. The van der Waals surface area contributed by atoms with Gasteiger partial charge in [0.15, 0.2) is 6.23 Å². The van der Waals surface area contributed by atoms with Crippen LogP contribution >= 0.6 is 11.6 Å². The van der Waals surface area contributed by atoms with E-state index >= 15 is 0 Å². The van der Waals surface area contributed by atoms with Gasteiger partial charge < -0.3 is 29.2 Å². The summed E-state index contributed by atoms with van der Waals surface area (Å²) in [6.07, 6.45) is 0.0127. The van der Waals surface area contributed by atoms with Crippen molar-refractivity contribution in [3.05, 3.63) is 125 Å². The SMILES string of the molecule is Cc1cn(C2O[C@H](COCc3ccccc3)[C@@H](OCc3ccccc3)[C@@H]2OCc2ccccc2)c2nc(N)nc(Cl)c12.